The number of carbonyl (C=O) groups excluding carboxylic acids is 3. The van der Waals surface area contributed by atoms with Gasteiger partial charge in [0.15, 0.2) is 0 Å². The smallest absolute Gasteiger partial charge is 0.334 e. The number of halogens is 3. The van der Waals surface area contributed by atoms with Crippen molar-refractivity contribution >= 4 is 28.8 Å². The third-order valence-electron chi connectivity index (χ3n) is 3.76. The van der Waals surface area contributed by atoms with Crippen LogP contribution in [0.3, 0.4) is 0 Å². The summed E-state index contributed by atoms with van der Waals surface area (Å²) in [5.74, 6) is -0.573. The fraction of sp³-hybridized carbons (Fsp3) is 0.357. The van der Waals surface area contributed by atoms with Gasteiger partial charge in [-0.1, -0.05) is 11.8 Å². The molecule has 2 fully saturated rings. The van der Waals surface area contributed by atoms with E-state index in [-0.39, 0.29) is 41.6 Å². The van der Waals surface area contributed by atoms with Crippen molar-refractivity contribution < 1.29 is 27.6 Å². The first-order valence-electron chi connectivity index (χ1n) is 6.73. The molecule has 3 amide bonds. The van der Waals surface area contributed by atoms with Crippen LogP contribution in [0.1, 0.15) is 15.9 Å². The molecule has 0 unspecified atom stereocenters. The number of rotatable bonds is 2. The van der Waals surface area contributed by atoms with Gasteiger partial charge in [-0.3, -0.25) is 19.3 Å². The molecule has 2 saturated heterocycles. The van der Waals surface area contributed by atoms with E-state index in [9.17, 15) is 27.6 Å². The number of hydrogen-bond acceptors (Lipinski definition) is 4. The summed E-state index contributed by atoms with van der Waals surface area (Å²) in [6, 6.07) is 3.62. The quantitative estimate of drug-likeness (QED) is 0.826. The Labute approximate surface area is 133 Å². The third kappa shape index (κ3) is 2.92. The molecule has 23 heavy (non-hydrogen) atoms. The van der Waals surface area contributed by atoms with E-state index in [4.69, 9.17) is 0 Å². The van der Waals surface area contributed by atoms with E-state index in [2.05, 4.69) is 0 Å². The van der Waals surface area contributed by atoms with Crippen LogP contribution in [0.5, 0.6) is 0 Å². The van der Waals surface area contributed by atoms with E-state index in [1.54, 1.807) is 0 Å². The largest absolute Gasteiger partial charge is 0.416 e. The van der Waals surface area contributed by atoms with Crippen molar-refractivity contribution in [2.45, 2.75) is 12.2 Å². The molecule has 0 aromatic heterocycles. The number of alkyl halides is 3. The molecule has 0 N–H and O–H groups in total. The summed E-state index contributed by atoms with van der Waals surface area (Å²) in [6.45, 7) is 0.412. The molecule has 0 saturated carbocycles. The SMILES string of the molecule is O=C(c1ccc(C(F)(F)F)cc1)N1CC(N2C(=O)CSC2=O)C1. The van der Waals surface area contributed by atoms with Crippen LogP contribution in [0, 0.1) is 0 Å². The second-order valence-electron chi connectivity index (χ2n) is 5.26. The van der Waals surface area contributed by atoms with Gasteiger partial charge < -0.3 is 4.90 Å². The number of amides is 3. The standard InChI is InChI=1S/C14H11F3N2O3S/c15-14(16,17)9-3-1-8(2-4-9)12(21)18-5-10(6-18)19-11(20)7-23-13(19)22/h1-4,10H,5-7H2. The topological polar surface area (TPSA) is 57.7 Å². The molecule has 2 aliphatic rings. The molecule has 5 nitrogen and oxygen atoms in total. The van der Waals surface area contributed by atoms with Gasteiger partial charge in [-0.2, -0.15) is 13.2 Å². The summed E-state index contributed by atoms with van der Waals surface area (Å²) in [5.41, 5.74) is -0.675. The lowest BCUT2D eigenvalue weighted by Crippen LogP contribution is -2.62. The molecular formula is C14H11F3N2O3S. The highest BCUT2D eigenvalue weighted by Crippen LogP contribution is 2.30. The zero-order valence-corrected chi connectivity index (χ0v) is 12.5. The van der Waals surface area contributed by atoms with E-state index in [0.29, 0.717) is 0 Å². The van der Waals surface area contributed by atoms with Crippen molar-refractivity contribution in [2.75, 3.05) is 18.8 Å². The number of likely N-dealkylation sites (tertiary alicyclic amines) is 1. The van der Waals surface area contributed by atoms with Crippen molar-refractivity contribution in [3.63, 3.8) is 0 Å². The maximum absolute atomic E-state index is 12.5. The fourth-order valence-corrected chi connectivity index (χ4v) is 3.26. The van der Waals surface area contributed by atoms with Crippen LogP contribution < -0.4 is 0 Å². The van der Waals surface area contributed by atoms with Gasteiger partial charge in [0.05, 0.1) is 17.4 Å². The van der Waals surface area contributed by atoms with Crippen LogP contribution in [-0.4, -0.2) is 51.7 Å². The predicted molar refractivity (Wildman–Crippen MR) is 75.8 cm³/mol. The lowest BCUT2D eigenvalue weighted by atomic mass is 10.0. The van der Waals surface area contributed by atoms with Gasteiger partial charge >= 0.3 is 6.18 Å². The lowest BCUT2D eigenvalue weighted by molar-refractivity contribution is -0.137. The molecule has 0 bridgehead atoms. The monoisotopic (exact) mass is 344 g/mol. The first-order valence-corrected chi connectivity index (χ1v) is 7.71. The Balaban J connectivity index is 1.63. The molecule has 9 heteroatoms. The van der Waals surface area contributed by atoms with E-state index in [1.807, 2.05) is 0 Å². The Morgan fingerprint density at radius 3 is 2.22 bits per heavy atom. The van der Waals surface area contributed by atoms with Crippen LogP contribution in [0.2, 0.25) is 0 Å². The van der Waals surface area contributed by atoms with Gasteiger partial charge in [-0.15, -0.1) is 0 Å². The molecule has 2 aliphatic heterocycles. The normalized spacial score (nSPS) is 19.3. The van der Waals surface area contributed by atoms with Crippen molar-refractivity contribution in [1.29, 1.82) is 0 Å². The van der Waals surface area contributed by atoms with Crippen molar-refractivity contribution in [3.8, 4) is 0 Å². The van der Waals surface area contributed by atoms with Gasteiger partial charge in [0.25, 0.3) is 11.1 Å². The van der Waals surface area contributed by atoms with E-state index in [1.165, 1.54) is 4.90 Å². The molecule has 0 atom stereocenters. The zero-order chi connectivity index (χ0) is 16.8. The number of thioether (sulfide) groups is 1. The Kier molecular flexibility index (Phi) is 3.83. The van der Waals surface area contributed by atoms with E-state index >= 15 is 0 Å². The Morgan fingerprint density at radius 1 is 1.13 bits per heavy atom. The summed E-state index contributed by atoms with van der Waals surface area (Å²) < 4.78 is 37.5. The highest BCUT2D eigenvalue weighted by Gasteiger charge is 2.43. The Hall–Kier alpha value is -2.03. The lowest BCUT2D eigenvalue weighted by Gasteiger charge is -2.42. The number of carbonyl (C=O) groups is 3. The maximum Gasteiger partial charge on any atom is 0.416 e. The fourth-order valence-electron chi connectivity index (χ4n) is 2.49. The molecule has 2 heterocycles. The van der Waals surface area contributed by atoms with Crippen LogP contribution in [0.4, 0.5) is 18.0 Å². The minimum absolute atomic E-state index is 0.113. The first kappa shape index (κ1) is 15.9. The third-order valence-corrected chi connectivity index (χ3v) is 4.59. The first-order chi connectivity index (χ1) is 10.8. The summed E-state index contributed by atoms with van der Waals surface area (Å²) in [5, 5.41) is -0.318. The minimum Gasteiger partial charge on any atom is -0.334 e. The average Bonchev–Trinajstić information content (AvgIpc) is 2.77. The van der Waals surface area contributed by atoms with Crippen molar-refractivity contribution in [3.05, 3.63) is 35.4 Å². The molecule has 122 valence electrons. The van der Waals surface area contributed by atoms with Gasteiger partial charge in [-0.05, 0) is 24.3 Å². The van der Waals surface area contributed by atoms with Crippen molar-refractivity contribution in [2.24, 2.45) is 0 Å². The number of hydrogen-bond donors (Lipinski definition) is 0. The number of imide groups is 1. The summed E-state index contributed by atoms with van der Waals surface area (Å²) in [7, 11) is 0. The molecule has 1 aromatic rings. The van der Waals surface area contributed by atoms with Gasteiger partial charge in [-0.25, -0.2) is 0 Å². The number of benzene rings is 1. The highest BCUT2D eigenvalue weighted by atomic mass is 32.2. The minimum atomic E-state index is -4.45. The van der Waals surface area contributed by atoms with E-state index < -0.39 is 17.6 Å². The molecule has 0 spiro atoms. The predicted octanol–water partition coefficient (Wildman–Crippen LogP) is 2.23. The van der Waals surface area contributed by atoms with Crippen LogP contribution in [0.25, 0.3) is 0 Å². The molecule has 0 aliphatic carbocycles. The molecule has 3 rings (SSSR count). The van der Waals surface area contributed by atoms with Crippen LogP contribution in [0.15, 0.2) is 24.3 Å². The van der Waals surface area contributed by atoms with E-state index in [0.717, 1.165) is 40.9 Å². The van der Waals surface area contributed by atoms with Crippen LogP contribution >= 0.6 is 11.8 Å². The van der Waals surface area contributed by atoms with Gasteiger partial charge in [0.2, 0.25) is 5.91 Å². The Bertz CT molecular complexity index is 653. The van der Waals surface area contributed by atoms with Crippen molar-refractivity contribution in [1.82, 2.24) is 9.80 Å². The zero-order valence-electron chi connectivity index (χ0n) is 11.7. The molecule has 1 aromatic carbocycles. The molecule has 0 radical (unpaired) electrons. The Morgan fingerprint density at radius 2 is 1.74 bits per heavy atom. The second kappa shape index (κ2) is 5.55. The maximum atomic E-state index is 12.5. The average molecular weight is 344 g/mol. The van der Waals surface area contributed by atoms with Gasteiger partial charge in [0, 0.05) is 18.7 Å². The summed E-state index contributed by atoms with van der Waals surface area (Å²) >= 11 is 0.928. The summed E-state index contributed by atoms with van der Waals surface area (Å²) in [6.07, 6.45) is -4.45. The summed E-state index contributed by atoms with van der Waals surface area (Å²) in [4.78, 5) is 37.8. The number of nitrogens with zero attached hydrogens (tertiary/aromatic N) is 2. The van der Waals surface area contributed by atoms with Gasteiger partial charge in [0.1, 0.15) is 0 Å². The highest BCUT2D eigenvalue weighted by molar-refractivity contribution is 8.14. The second-order valence-corrected chi connectivity index (χ2v) is 6.18. The van der Waals surface area contributed by atoms with Crippen LogP contribution in [-0.2, 0) is 11.0 Å². The molecular weight excluding hydrogens is 333 g/mol.